The molecule has 6 unspecified atom stereocenters. The van der Waals surface area contributed by atoms with E-state index in [9.17, 15) is 19.5 Å². The van der Waals surface area contributed by atoms with Crippen molar-refractivity contribution in [3.63, 3.8) is 0 Å². The third-order valence-electron chi connectivity index (χ3n) is 10.9. The van der Waals surface area contributed by atoms with E-state index in [2.05, 4.69) is 5.43 Å². The average molecular weight is 747 g/mol. The highest BCUT2D eigenvalue weighted by Crippen LogP contribution is 2.65. The van der Waals surface area contributed by atoms with Crippen molar-refractivity contribution in [1.29, 1.82) is 0 Å². The summed E-state index contributed by atoms with van der Waals surface area (Å²) in [5.41, 5.74) is 2.55. The number of allylic oxidation sites excluding steroid dienone is 2. The van der Waals surface area contributed by atoms with Gasteiger partial charge in [-0.2, -0.15) is 5.01 Å². The number of nitrogens with zero attached hydrogens (tertiary/aromatic N) is 2. The number of halogens is 3. The Bertz CT molecular complexity index is 2140. The van der Waals surface area contributed by atoms with Crippen LogP contribution in [0.3, 0.4) is 0 Å². The zero-order valence-corrected chi connectivity index (χ0v) is 29.3. The van der Waals surface area contributed by atoms with Crippen LogP contribution in [0.4, 0.5) is 10.1 Å². The minimum atomic E-state index is -1.72. The van der Waals surface area contributed by atoms with Gasteiger partial charge in [-0.15, -0.1) is 11.3 Å². The number of imide groups is 2. The van der Waals surface area contributed by atoms with Gasteiger partial charge in [-0.25, -0.2) is 4.39 Å². The first kappa shape index (κ1) is 33.4. The summed E-state index contributed by atoms with van der Waals surface area (Å²) in [4.78, 5) is 60.3. The van der Waals surface area contributed by atoms with Crippen molar-refractivity contribution in [2.75, 3.05) is 12.5 Å². The zero-order chi connectivity index (χ0) is 35.8. The van der Waals surface area contributed by atoms with Gasteiger partial charge in [0.15, 0.2) is 11.6 Å². The minimum absolute atomic E-state index is 0.0363. The van der Waals surface area contributed by atoms with E-state index in [0.717, 1.165) is 16.0 Å². The highest BCUT2D eigenvalue weighted by molar-refractivity contribution is 7.09. The predicted molar refractivity (Wildman–Crippen MR) is 189 cm³/mol. The van der Waals surface area contributed by atoms with Gasteiger partial charge in [0.2, 0.25) is 11.8 Å². The Morgan fingerprint density at radius 1 is 0.980 bits per heavy atom. The number of methoxy groups -OCH3 is 1. The van der Waals surface area contributed by atoms with Crippen molar-refractivity contribution in [2.45, 2.75) is 30.7 Å². The minimum Gasteiger partial charge on any atom is -0.505 e. The van der Waals surface area contributed by atoms with Gasteiger partial charge in [0.25, 0.3) is 11.8 Å². The molecule has 0 bridgehead atoms. The normalized spacial score (nSPS) is 26.9. The maximum absolute atomic E-state index is 15.3. The fourth-order valence-electron chi connectivity index (χ4n) is 8.73. The number of fused-ring (bicyclic) bond motifs is 4. The van der Waals surface area contributed by atoms with Crippen molar-refractivity contribution in [1.82, 2.24) is 9.91 Å². The van der Waals surface area contributed by atoms with Gasteiger partial charge in [0.05, 0.1) is 47.5 Å². The molecule has 260 valence electrons. The van der Waals surface area contributed by atoms with Crippen molar-refractivity contribution in [3.05, 3.63) is 122 Å². The van der Waals surface area contributed by atoms with E-state index < -0.39 is 58.4 Å². The number of phenolic OH excluding ortho intramolecular Hbond substituents is 1. The van der Waals surface area contributed by atoms with Gasteiger partial charge < -0.3 is 9.84 Å². The Hall–Kier alpha value is -4.71. The monoisotopic (exact) mass is 745 g/mol. The Kier molecular flexibility index (Phi) is 8.20. The fraction of sp³-hybridized carbons (Fsp3) is 0.263. The number of ether oxygens (including phenoxy) is 1. The molecule has 4 aliphatic rings. The maximum Gasteiger partial charge on any atom is 0.260 e. The van der Waals surface area contributed by atoms with E-state index in [1.165, 1.54) is 41.5 Å². The first-order chi connectivity index (χ1) is 24.6. The molecule has 3 heterocycles. The van der Waals surface area contributed by atoms with Crippen LogP contribution in [0.15, 0.2) is 89.8 Å². The molecular weight excluding hydrogens is 716 g/mol. The summed E-state index contributed by atoms with van der Waals surface area (Å²) in [6, 6.07) is 19.1. The molecule has 9 nitrogen and oxygen atoms in total. The number of hydrazine groups is 1. The third kappa shape index (κ3) is 5.00. The van der Waals surface area contributed by atoms with Crippen LogP contribution in [0.2, 0.25) is 10.0 Å². The number of hydrogen-bond donors (Lipinski definition) is 2. The predicted octanol–water partition coefficient (Wildman–Crippen LogP) is 7.09. The van der Waals surface area contributed by atoms with Crippen LogP contribution in [0.1, 0.15) is 34.8 Å². The number of phenols is 1. The summed E-state index contributed by atoms with van der Waals surface area (Å²) in [6.45, 7) is 0.134. The number of nitrogens with one attached hydrogen (secondary N) is 1. The molecule has 3 fully saturated rings. The third-order valence-corrected chi connectivity index (χ3v) is 12.3. The van der Waals surface area contributed by atoms with E-state index in [1.54, 1.807) is 36.4 Å². The van der Waals surface area contributed by atoms with E-state index in [1.807, 2.05) is 23.6 Å². The molecule has 8 rings (SSSR count). The second kappa shape index (κ2) is 12.5. The van der Waals surface area contributed by atoms with Gasteiger partial charge in [-0.3, -0.25) is 29.5 Å². The number of rotatable bonds is 7. The van der Waals surface area contributed by atoms with E-state index in [0.29, 0.717) is 21.9 Å². The van der Waals surface area contributed by atoms with E-state index >= 15 is 9.18 Å². The molecule has 4 aromatic rings. The molecule has 6 atom stereocenters. The fourth-order valence-corrected chi connectivity index (χ4v) is 9.88. The lowest BCUT2D eigenvalue weighted by molar-refractivity contribution is -0.141. The molecule has 3 aromatic carbocycles. The smallest absolute Gasteiger partial charge is 0.260 e. The molecule has 1 aromatic heterocycles. The van der Waals surface area contributed by atoms with E-state index in [4.69, 9.17) is 27.9 Å². The lowest BCUT2D eigenvalue weighted by Crippen LogP contribution is -2.53. The van der Waals surface area contributed by atoms with Crippen LogP contribution in [-0.2, 0) is 31.1 Å². The van der Waals surface area contributed by atoms with Crippen LogP contribution < -0.4 is 10.2 Å². The number of anilines is 1. The Balaban J connectivity index is 1.33. The molecule has 4 amide bonds. The van der Waals surface area contributed by atoms with Gasteiger partial charge >= 0.3 is 0 Å². The van der Waals surface area contributed by atoms with Gasteiger partial charge in [-0.05, 0) is 72.2 Å². The SMILES string of the molecule is COc1ccc(C23C(=O)N(Nc4ccc(Cl)cc4Cl)C(=O)C2CC2C(=CCC4C(=O)N(Cc5cccs5)C(=O)C42)C3c2cccc(F)c2O)cc1. The molecular formula is C38H30Cl2FN3O6S. The van der Waals surface area contributed by atoms with Gasteiger partial charge in [0, 0.05) is 21.4 Å². The van der Waals surface area contributed by atoms with Crippen LogP contribution in [0.5, 0.6) is 11.5 Å². The Morgan fingerprint density at radius 2 is 1.76 bits per heavy atom. The van der Waals surface area contributed by atoms with Crippen molar-refractivity contribution >= 4 is 63.9 Å². The summed E-state index contributed by atoms with van der Waals surface area (Å²) in [7, 11) is 1.51. The van der Waals surface area contributed by atoms with Crippen LogP contribution >= 0.6 is 34.5 Å². The first-order valence-electron chi connectivity index (χ1n) is 16.4. The largest absolute Gasteiger partial charge is 0.505 e. The Morgan fingerprint density at radius 3 is 2.47 bits per heavy atom. The molecule has 51 heavy (non-hydrogen) atoms. The Labute approximate surface area is 306 Å². The highest BCUT2D eigenvalue weighted by Gasteiger charge is 2.70. The number of hydrogen-bond acceptors (Lipinski definition) is 8. The highest BCUT2D eigenvalue weighted by atomic mass is 35.5. The van der Waals surface area contributed by atoms with Crippen molar-refractivity contribution < 1.29 is 33.4 Å². The lowest BCUT2D eigenvalue weighted by atomic mass is 9.49. The summed E-state index contributed by atoms with van der Waals surface area (Å²) in [5.74, 6) is -7.35. The quantitative estimate of drug-likeness (QED) is 0.153. The molecule has 13 heteroatoms. The number of carbonyl (C=O) groups excluding carboxylic acids is 4. The molecule has 0 radical (unpaired) electrons. The second-order valence-corrected chi connectivity index (χ2v) is 15.1. The number of likely N-dealkylation sites (tertiary alicyclic amines) is 1. The standard InChI is InChI=1S/C38H30Cl2FN3O6S/c1-50-21-10-7-19(8-11-21)38-27(35(47)44(37(38)49)42-30-14-9-20(39)16-28(30)40)17-26-23(32(38)25-5-2-6-29(41)33(25)45)12-13-24-31(26)36(48)43(34(24)46)18-22-4-3-15-51-22/h2-12,14-16,24,26-27,31-32,42,45H,13,17-18H2,1H3. The van der Waals surface area contributed by atoms with Crippen molar-refractivity contribution in [3.8, 4) is 11.5 Å². The summed E-state index contributed by atoms with van der Waals surface area (Å²) in [6.07, 6.45) is 2.09. The first-order valence-corrected chi connectivity index (χ1v) is 18.0. The zero-order valence-electron chi connectivity index (χ0n) is 27.0. The summed E-state index contributed by atoms with van der Waals surface area (Å²) in [5, 5.41) is 14.7. The molecule has 2 N–H and O–H groups in total. The number of para-hydroxylation sites is 1. The van der Waals surface area contributed by atoms with Gasteiger partial charge in [-0.1, -0.05) is 65.2 Å². The number of thiophene rings is 1. The second-order valence-electron chi connectivity index (χ2n) is 13.2. The number of aromatic hydroxyl groups is 1. The molecule has 2 saturated heterocycles. The van der Waals surface area contributed by atoms with Crippen molar-refractivity contribution in [2.24, 2.45) is 23.7 Å². The number of carbonyl (C=O) groups is 4. The van der Waals surface area contributed by atoms with Crippen LogP contribution in [0.25, 0.3) is 0 Å². The molecule has 0 spiro atoms. The number of amides is 4. The molecule has 2 aliphatic carbocycles. The summed E-state index contributed by atoms with van der Waals surface area (Å²) >= 11 is 14.1. The lowest BCUT2D eigenvalue weighted by Gasteiger charge is -2.50. The molecule has 2 aliphatic heterocycles. The van der Waals surface area contributed by atoms with E-state index in [-0.39, 0.29) is 47.5 Å². The average Bonchev–Trinajstić information content (AvgIpc) is 3.79. The van der Waals surface area contributed by atoms with Crippen LogP contribution in [0, 0.1) is 29.5 Å². The van der Waals surface area contributed by atoms with Gasteiger partial charge in [0.1, 0.15) is 5.75 Å². The maximum atomic E-state index is 15.3. The topological polar surface area (TPSA) is 116 Å². The number of benzene rings is 3. The van der Waals surface area contributed by atoms with Crippen LogP contribution in [-0.4, -0.2) is 45.8 Å². The molecule has 1 saturated carbocycles. The summed E-state index contributed by atoms with van der Waals surface area (Å²) < 4.78 is 20.7.